The lowest BCUT2D eigenvalue weighted by Gasteiger charge is -2.13. The van der Waals surface area contributed by atoms with Crippen molar-refractivity contribution in [3.8, 4) is 5.75 Å². The average molecular weight is 354 g/mol. The van der Waals surface area contributed by atoms with Crippen LogP contribution in [0.2, 0.25) is 0 Å². The lowest BCUT2D eigenvalue weighted by molar-refractivity contribution is 0.291. The summed E-state index contributed by atoms with van der Waals surface area (Å²) < 4.78 is 6.85. The van der Waals surface area contributed by atoms with E-state index in [2.05, 4.69) is 56.6 Å². The summed E-state index contributed by atoms with van der Waals surface area (Å²) in [6.07, 6.45) is 0. The number of aromatic nitrogens is 4. The van der Waals surface area contributed by atoms with Gasteiger partial charge in [0.2, 0.25) is 5.82 Å². The molecule has 0 saturated heterocycles. The van der Waals surface area contributed by atoms with Crippen LogP contribution >= 0.6 is 15.9 Å². The monoisotopic (exact) mass is 353 g/mol. The van der Waals surface area contributed by atoms with Crippen molar-refractivity contribution in [2.45, 2.75) is 27.0 Å². The van der Waals surface area contributed by atoms with Gasteiger partial charge in [-0.1, -0.05) is 29.8 Å². The third kappa shape index (κ3) is 5.09. The van der Waals surface area contributed by atoms with E-state index in [0.717, 1.165) is 28.9 Å². The van der Waals surface area contributed by atoms with E-state index in [0.29, 0.717) is 18.3 Å². The fourth-order valence-electron chi connectivity index (χ4n) is 1.85. The Morgan fingerprint density at radius 3 is 2.86 bits per heavy atom. The second-order valence-electron chi connectivity index (χ2n) is 5.26. The number of ether oxygens (including phenoxy) is 1. The van der Waals surface area contributed by atoms with Crippen molar-refractivity contribution >= 4 is 15.9 Å². The molecule has 0 aliphatic rings. The molecule has 1 N–H and O–H groups in total. The average Bonchev–Trinajstić information content (AvgIpc) is 2.83. The zero-order valence-electron chi connectivity index (χ0n) is 12.5. The quantitative estimate of drug-likeness (QED) is 0.827. The number of nitrogens with one attached hydrogen (secondary N) is 1. The predicted molar refractivity (Wildman–Crippen MR) is 83.8 cm³/mol. The zero-order valence-corrected chi connectivity index (χ0v) is 14.1. The molecule has 21 heavy (non-hydrogen) atoms. The lowest BCUT2D eigenvalue weighted by atomic mass is 10.2. The van der Waals surface area contributed by atoms with Crippen LogP contribution in [0.3, 0.4) is 0 Å². The molecule has 0 radical (unpaired) electrons. The van der Waals surface area contributed by atoms with E-state index in [-0.39, 0.29) is 0 Å². The van der Waals surface area contributed by atoms with Gasteiger partial charge in [-0.25, -0.2) is 0 Å². The van der Waals surface area contributed by atoms with Crippen LogP contribution < -0.4 is 10.1 Å². The minimum absolute atomic E-state index is 0.312. The Morgan fingerprint density at radius 2 is 2.19 bits per heavy atom. The van der Waals surface area contributed by atoms with Crippen LogP contribution in [-0.2, 0) is 20.2 Å². The maximum Gasteiger partial charge on any atom is 0.212 e. The molecule has 0 aliphatic heterocycles. The topological polar surface area (TPSA) is 64.9 Å². The molecule has 6 nitrogen and oxygen atoms in total. The summed E-state index contributed by atoms with van der Waals surface area (Å²) in [5.74, 6) is 2.02. The molecule has 114 valence electrons. The fraction of sp³-hybridized carbons (Fsp3) is 0.500. The normalized spacial score (nSPS) is 11.1. The van der Waals surface area contributed by atoms with Gasteiger partial charge in [-0.2, -0.15) is 4.80 Å². The van der Waals surface area contributed by atoms with Gasteiger partial charge in [-0.3, -0.25) is 0 Å². The molecule has 0 atom stereocenters. The first-order chi connectivity index (χ1) is 10.0. The number of benzene rings is 1. The maximum absolute atomic E-state index is 5.81. The summed E-state index contributed by atoms with van der Waals surface area (Å²) in [5.41, 5.74) is 1.11. The number of tetrazole rings is 1. The van der Waals surface area contributed by atoms with E-state index in [1.165, 1.54) is 4.80 Å². The highest BCUT2D eigenvalue weighted by Crippen LogP contribution is 2.23. The lowest BCUT2D eigenvalue weighted by Crippen LogP contribution is -2.19. The molecule has 0 unspecified atom stereocenters. The number of aryl methyl sites for hydroxylation is 1. The summed E-state index contributed by atoms with van der Waals surface area (Å²) in [7, 11) is 1.73. The van der Waals surface area contributed by atoms with Gasteiger partial charge in [0.05, 0.1) is 7.05 Å². The molecular formula is C14H20BrN5O. The van der Waals surface area contributed by atoms with E-state index in [4.69, 9.17) is 4.74 Å². The molecule has 2 rings (SSSR count). The van der Waals surface area contributed by atoms with Gasteiger partial charge in [0.1, 0.15) is 5.75 Å². The van der Waals surface area contributed by atoms with Gasteiger partial charge in [0.15, 0.2) is 6.61 Å². The van der Waals surface area contributed by atoms with Crippen molar-refractivity contribution in [2.24, 2.45) is 13.0 Å². The van der Waals surface area contributed by atoms with Crippen LogP contribution in [0, 0.1) is 5.92 Å². The Bertz CT molecular complexity index is 584. The van der Waals surface area contributed by atoms with Crippen molar-refractivity contribution in [2.75, 3.05) is 6.54 Å². The predicted octanol–water partition coefficient (Wildman–Crippen LogP) is 2.30. The van der Waals surface area contributed by atoms with E-state index >= 15 is 0 Å². The van der Waals surface area contributed by atoms with Gasteiger partial charge in [-0.15, -0.1) is 10.2 Å². The van der Waals surface area contributed by atoms with Crippen molar-refractivity contribution in [1.29, 1.82) is 0 Å². The van der Waals surface area contributed by atoms with Crippen LogP contribution in [0.4, 0.5) is 0 Å². The molecule has 1 aromatic heterocycles. The second-order valence-corrected chi connectivity index (χ2v) is 6.18. The third-order valence-electron chi connectivity index (χ3n) is 2.80. The van der Waals surface area contributed by atoms with Crippen LogP contribution in [0.25, 0.3) is 0 Å². The molecule has 1 aromatic carbocycles. The third-order valence-corrected chi connectivity index (χ3v) is 3.29. The van der Waals surface area contributed by atoms with Gasteiger partial charge in [0, 0.05) is 16.6 Å². The fourth-order valence-corrected chi connectivity index (χ4v) is 2.25. The van der Waals surface area contributed by atoms with E-state index in [9.17, 15) is 0 Å². The Morgan fingerprint density at radius 1 is 1.38 bits per heavy atom. The molecule has 0 spiro atoms. The number of rotatable bonds is 7. The smallest absolute Gasteiger partial charge is 0.212 e. The summed E-state index contributed by atoms with van der Waals surface area (Å²) in [4.78, 5) is 1.42. The number of nitrogens with zero attached hydrogens (tertiary/aromatic N) is 4. The molecule has 7 heteroatoms. The largest absolute Gasteiger partial charge is 0.485 e. The molecular weight excluding hydrogens is 334 g/mol. The van der Waals surface area contributed by atoms with Crippen LogP contribution in [0.15, 0.2) is 22.7 Å². The van der Waals surface area contributed by atoms with Crippen molar-refractivity contribution in [1.82, 2.24) is 25.5 Å². The Kier molecular flexibility index (Phi) is 5.69. The Balaban J connectivity index is 2.00. The summed E-state index contributed by atoms with van der Waals surface area (Å²) >= 11 is 3.50. The van der Waals surface area contributed by atoms with E-state index in [1.54, 1.807) is 7.05 Å². The zero-order chi connectivity index (χ0) is 15.2. The minimum atomic E-state index is 0.312. The van der Waals surface area contributed by atoms with Gasteiger partial charge >= 0.3 is 0 Å². The maximum atomic E-state index is 5.81. The molecule has 2 aromatic rings. The second kappa shape index (κ2) is 7.51. The summed E-state index contributed by atoms with van der Waals surface area (Å²) in [6, 6.07) is 5.98. The van der Waals surface area contributed by atoms with E-state index in [1.807, 2.05) is 12.1 Å². The highest BCUT2D eigenvalue weighted by Gasteiger charge is 2.07. The van der Waals surface area contributed by atoms with Gasteiger partial charge in [-0.05, 0) is 35.9 Å². The van der Waals surface area contributed by atoms with Crippen LogP contribution in [0.1, 0.15) is 25.2 Å². The standard InChI is InChI=1S/C14H20BrN5O/c1-10(2)7-16-8-11-6-12(15)4-5-13(11)21-9-14-17-19-20(3)18-14/h4-6,10,16H,7-9H2,1-3H3. The van der Waals surface area contributed by atoms with Gasteiger partial charge in [0.25, 0.3) is 0 Å². The molecule has 0 amide bonds. The number of halogens is 1. The van der Waals surface area contributed by atoms with Crippen molar-refractivity contribution in [3.63, 3.8) is 0 Å². The molecule has 1 heterocycles. The number of hydrogen-bond donors (Lipinski definition) is 1. The summed E-state index contributed by atoms with van der Waals surface area (Å²) in [6.45, 7) is 6.42. The van der Waals surface area contributed by atoms with Crippen molar-refractivity contribution < 1.29 is 4.74 Å². The van der Waals surface area contributed by atoms with Crippen molar-refractivity contribution in [3.05, 3.63) is 34.1 Å². The first kappa shape index (κ1) is 15.9. The Hall–Kier alpha value is -1.47. The molecule has 0 aliphatic carbocycles. The van der Waals surface area contributed by atoms with Crippen LogP contribution in [-0.4, -0.2) is 26.8 Å². The SMILES string of the molecule is CC(C)CNCc1cc(Br)ccc1OCc1nnn(C)n1. The Labute approximate surface area is 133 Å². The first-order valence-electron chi connectivity index (χ1n) is 6.89. The van der Waals surface area contributed by atoms with Gasteiger partial charge < -0.3 is 10.1 Å². The molecule has 0 bridgehead atoms. The van der Waals surface area contributed by atoms with Crippen LogP contribution in [0.5, 0.6) is 5.75 Å². The highest BCUT2D eigenvalue weighted by atomic mass is 79.9. The molecule has 0 saturated carbocycles. The summed E-state index contributed by atoms with van der Waals surface area (Å²) in [5, 5.41) is 15.2. The van der Waals surface area contributed by atoms with E-state index < -0.39 is 0 Å². The molecule has 0 fully saturated rings. The first-order valence-corrected chi connectivity index (χ1v) is 7.68. The number of hydrogen-bond acceptors (Lipinski definition) is 5. The minimum Gasteiger partial charge on any atom is -0.485 e. The highest BCUT2D eigenvalue weighted by molar-refractivity contribution is 9.10.